The molecule has 0 saturated heterocycles. The van der Waals surface area contributed by atoms with Crippen LogP contribution in [0.3, 0.4) is 0 Å². The smallest absolute Gasteiger partial charge is 0.490 e. The van der Waals surface area contributed by atoms with Crippen molar-refractivity contribution in [2.45, 2.75) is 18.6 Å². The van der Waals surface area contributed by atoms with E-state index in [1.165, 1.54) is 12.1 Å². The number of amides is 1. The van der Waals surface area contributed by atoms with Gasteiger partial charge in [-0.25, -0.2) is 9.59 Å². The first-order valence-corrected chi connectivity index (χ1v) is 6.72. The molecule has 0 aromatic heterocycles. The number of aromatic hydroxyl groups is 1. The lowest BCUT2D eigenvalue weighted by molar-refractivity contribution is -0.192. The molecule has 11 heteroatoms. The largest absolute Gasteiger partial charge is 0.508 e. The third kappa shape index (κ3) is 9.81. The number of benzene rings is 1. The van der Waals surface area contributed by atoms with Crippen molar-refractivity contribution >= 4 is 17.8 Å². The predicted molar refractivity (Wildman–Crippen MR) is 79.0 cm³/mol. The molecule has 1 aromatic carbocycles. The fourth-order valence-electron chi connectivity index (χ4n) is 1.47. The molecular formula is C14H17F3N2O6. The van der Waals surface area contributed by atoms with Crippen molar-refractivity contribution in [3.8, 4) is 5.75 Å². The number of phenols is 1. The molecule has 8 nitrogen and oxygen atoms in total. The Balaban J connectivity index is 0.000000697. The average Bonchev–Trinajstić information content (AvgIpc) is 2.48. The van der Waals surface area contributed by atoms with Crippen LogP contribution in [0.2, 0.25) is 0 Å². The second-order valence-corrected chi connectivity index (χ2v) is 4.66. The number of phenolic OH excluding ortho intramolecular Hbond substituents is 1. The van der Waals surface area contributed by atoms with Gasteiger partial charge in [-0.15, -0.1) is 0 Å². The van der Waals surface area contributed by atoms with Crippen LogP contribution in [0.4, 0.5) is 13.2 Å². The van der Waals surface area contributed by atoms with Crippen molar-refractivity contribution < 1.29 is 42.9 Å². The fraction of sp³-hybridized carbons (Fsp3) is 0.357. The zero-order valence-electron chi connectivity index (χ0n) is 13.0. The summed E-state index contributed by atoms with van der Waals surface area (Å²) in [7, 11) is 1.61. The minimum atomic E-state index is -5.08. The van der Waals surface area contributed by atoms with Gasteiger partial charge in [-0.05, 0) is 24.7 Å². The molecule has 0 heterocycles. The highest BCUT2D eigenvalue weighted by Crippen LogP contribution is 2.13. The van der Waals surface area contributed by atoms with Gasteiger partial charge in [0.25, 0.3) is 0 Å². The SMILES string of the molecule is CNCC(=O)N[C@@H](Cc1ccc(O)cc1)C(=O)O.O=C(O)C(F)(F)F. The summed E-state index contributed by atoms with van der Waals surface area (Å²) >= 11 is 0. The standard InChI is InChI=1S/C12H16N2O4.C2HF3O2/c1-13-7-11(16)14-10(12(17)18)6-8-2-4-9(15)5-3-8;3-2(4,5)1(6)7/h2-5,10,13,15H,6-7H2,1H3,(H,14,16)(H,17,18);(H,6,7)/t10-;/m0./s1. The zero-order chi connectivity index (χ0) is 19.6. The Morgan fingerprint density at radius 1 is 1.12 bits per heavy atom. The first-order valence-electron chi connectivity index (χ1n) is 6.72. The average molecular weight is 366 g/mol. The van der Waals surface area contributed by atoms with Crippen LogP contribution in [0.15, 0.2) is 24.3 Å². The lowest BCUT2D eigenvalue weighted by Crippen LogP contribution is -2.45. The maximum atomic E-state index is 11.3. The van der Waals surface area contributed by atoms with Gasteiger partial charge in [-0.1, -0.05) is 12.1 Å². The Morgan fingerprint density at radius 2 is 1.60 bits per heavy atom. The Morgan fingerprint density at radius 3 is 1.96 bits per heavy atom. The third-order valence-corrected chi connectivity index (χ3v) is 2.59. The van der Waals surface area contributed by atoms with Crippen LogP contribution in [0.25, 0.3) is 0 Å². The number of carboxylic acids is 2. The number of likely N-dealkylation sites (N-methyl/N-ethyl adjacent to an activating group) is 1. The van der Waals surface area contributed by atoms with Gasteiger partial charge in [0, 0.05) is 6.42 Å². The Bertz CT molecular complexity index is 589. The number of aliphatic carboxylic acids is 2. The summed E-state index contributed by atoms with van der Waals surface area (Å²) in [6.45, 7) is 0.0688. The number of halogens is 3. The highest BCUT2D eigenvalue weighted by atomic mass is 19.4. The number of hydrogen-bond donors (Lipinski definition) is 5. The summed E-state index contributed by atoms with van der Waals surface area (Å²) in [5.41, 5.74) is 0.727. The number of alkyl halides is 3. The van der Waals surface area contributed by atoms with Crippen molar-refractivity contribution in [1.82, 2.24) is 10.6 Å². The number of carbonyl (C=O) groups excluding carboxylic acids is 1. The van der Waals surface area contributed by atoms with Crippen LogP contribution in [0, 0.1) is 0 Å². The van der Waals surface area contributed by atoms with Crippen LogP contribution < -0.4 is 10.6 Å². The van der Waals surface area contributed by atoms with Gasteiger partial charge in [0.15, 0.2) is 0 Å². The van der Waals surface area contributed by atoms with Crippen LogP contribution in [0.5, 0.6) is 5.75 Å². The summed E-state index contributed by atoms with van der Waals surface area (Å²) < 4.78 is 31.7. The Labute approximate surface area is 140 Å². The first-order chi connectivity index (χ1) is 11.5. The third-order valence-electron chi connectivity index (χ3n) is 2.59. The van der Waals surface area contributed by atoms with Gasteiger partial charge in [-0.2, -0.15) is 13.2 Å². The van der Waals surface area contributed by atoms with E-state index in [-0.39, 0.29) is 24.6 Å². The van der Waals surface area contributed by atoms with Crippen LogP contribution in [0.1, 0.15) is 5.56 Å². The van der Waals surface area contributed by atoms with E-state index in [0.29, 0.717) is 0 Å². The summed E-state index contributed by atoms with van der Waals surface area (Å²) in [5.74, 6) is -4.10. The topological polar surface area (TPSA) is 136 Å². The molecule has 1 amide bonds. The van der Waals surface area contributed by atoms with E-state index >= 15 is 0 Å². The first kappa shape index (κ1) is 22.2. The molecule has 0 fully saturated rings. The normalized spacial score (nSPS) is 11.7. The van der Waals surface area contributed by atoms with Gasteiger partial charge in [0.2, 0.25) is 5.91 Å². The number of carboxylic acid groups (broad SMARTS) is 2. The Kier molecular flexibility index (Phi) is 8.99. The molecule has 140 valence electrons. The number of carbonyl (C=O) groups is 3. The molecule has 0 saturated carbocycles. The van der Waals surface area contributed by atoms with Crippen molar-refractivity contribution in [1.29, 1.82) is 0 Å². The highest BCUT2D eigenvalue weighted by Gasteiger charge is 2.38. The van der Waals surface area contributed by atoms with Gasteiger partial charge >= 0.3 is 18.1 Å². The van der Waals surface area contributed by atoms with E-state index < -0.39 is 24.2 Å². The van der Waals surface area contributed by atoms with E-state index in [4.69, 9.17) is 20.1 Å². The molecule has 0 aliphatic heterocycles. The molecule has 1 rings (SSSR count). The maximum Gasteiger partial charge on any atom is 0.490 e. The molecule has 0 radical (unpaired) electrons. The van der Waals surface area contributed by atoms with Crippen LogP contribution in [-0.4, -0.2) is 59.0 Å². The molecule has 0 unspecified atom stereocenters. The molecule has 0 spiro atoms. The summed E-state index contributed by atoms with van der Waals surface area (Å²) in [5, 5.41) is 30.3. The molecule has 1 aromatic rings. The van der Waals surface area contributed by atoms with Crippen molar-refractivity contribution in [3.63, 3.8) is 0 Å². The lowest BCUT2D eigenvalue weighted by atomic mass is 10.1. The maximum absolute atomic E-state index is 11.3. The molecule has 0 bridgehead atoms. The Hall–Kier alpha value is -2.82. The lowest BCUT2D eigenvalue weighted by Gasteiger charge is -2.14. The molecular weight excluding hydrogens is 349 g/mol. The van der Waals surface area contributed by atoms with Gasteiger partial charge in [0.1, 0.15) is 11.8 Å². The van der Waals surface area contributed by atoms with E-state index in [0.717, 1.165) is 5.56 Å². The van der Waals surface area contributed by atoms with E-state index in [1.807, 2.05) is 0 Å². The van der Waals surface area contributed by atoms with E-state index in [9.17, 15) is 22.8 Å². The van der Waals surface area contributed by atoms with Crippen molar-refractivity contribution in [2.75, 3.05) is 13.6 Å². The molecule has 0 aliphatic rings. The minimum Gasteiger partial charge on any atom is -0.508 e. The van der Waals surface area contributed by atoms with Gasteiger partial charge < -0.3 is 26.0 Å². The van der Waals surface area contributed by atoms with Crippen molar-refractivity contribution in [2.24, 2.45) is 0 Å². The molecule has 1 atom stereocenters. The minimum absolute atomic E-state index is 0.0688. The molecule has 0 aliphatic carbocycles. The van der Waals surface area contributed by atoms with E-state index in [1.54, 1.807) is 19.2 Å². The second-order valence-electron chi connectivity index (χ2n) is 4.66. The van der Waals surface area contributed by atoms with E-state index in [2.05, 4.69) is 10.6 Å². The molecule has 25 heavy (non-hydrogen) atoms. The van der Waals surface area contributed by atoms with Crippen LogP contribution in [-0.2, 0) is 20.8 Å². The second kappa shape index (κ2) is 10.1. The fourth-order valence-corrected chi connectivity index (χ4v) is 1.47. The van der Waals surface area contributed by atoms with Gasteiger partial charge in [-0.3, -0.25) is 4.79 Å². The number of hydrogen-bond acceptors (Lipinski definition) is 5. The van der Waals surface area contributed by atoms with Crippen LogP contribution >= 0.6 is 0 Å². The molecule has 5 N–H and O–H groups in total. The highest BCUT2D eigenvalue weighted by molar-refractivity contribution is 5.84. The zero-order valence-corrected chi connectivity index (χ0v) is 13.0. The monoisotopic (exact) mass is 366 g/mol. The van der Waals surface area contributed by atoms with Gasteiger partial charge in [0.05, 0.1) is 6.54 Å². The quantitative estimate of drug-likeness (QED) is 0.490. The summed E-state index contributed by atoms with van der Waals surface area (Å²) in [6, 6.07) is 5.22. The van der Waals surface area contributed by atoms with Crippen molar-refractivity contribution in [3.05, 3.63) is 29.8 Å². The predicted octanol–water partition coefficient (Wildman–Crippen LogP) is 0.357. The summed E-state index contributed by atoms with van der Waals surface area (Å²) in [4.78, 5) is 31.2. The number of rotatable bonds is 6. The number of nitrogens with one attached hydrogen (secondary N) is 2. The summed E-state index contributed by atoms with van der Waals surface area (Å²) in [6.07, 6.45) is -4.91.